The molecule has 6 atom stereocenters. The third-order valence-electron chi connectivity index (χ3n) is 12.4. The Kier molecular flexibility index (Phi) is 23.8. The zero-order chi connectivity index (χ0) is 50.5. The summed E-state index contributed by atoms with van der Waals surface area (Å²) in [5.74, 6) is -6.85. The fourth-order valence-corrected chi connectivity index (χ4v) is 7.90. The second kappa shape index (κ2) is 28.6. The Balaban J connectivity index is 1.65. The monoisotopic (exact) mass is 952 g/mol. The number of nitrogens with one attached hydrogen (secondary N) is 5. The Morgan fingerprint density at radius 2 is 1.31 bits per heavy atom. The largest absolute Gasteiger partial charge is 0.507 e. The van der Waals surface area contributed by atoms with Crippen LogP contribution in [0.15, 0.2) is 36.4 Å². The van der Waals surface area contributed by atoms with Crippen LogP contribution in [0.25, 0.3) is 11.1 Å². The topological polar surface area (TPSA) is 287 Å². The van der Waals surface area contributed by atoms with E-state index < -0.39 is 91.9 Å². The van der Waals surface area contributed by atoms with Gasteiger partial charge in [0, 0.05) is 38.1 Å². The molecule has 10 N–H and O–H groups in total. The average Bonchev–Trinajstić information content (AvgIpc) is 3.30. The number of hydrogen-bond acceptors (Lipinski definition) is 12. The number of carbonyl (C=O) groups is 7. The van der Waals surface area contributed by atoms with Gasteiger partial charge in [-0.15, -0.1) is 0 Å². The summed E-state index contributed by atoms with van der Waals surface area (Å²) in [5, 5.41) is 63.5. The minimum absolute atomic E-state index is 0.0543. The predicted octanol–water partition coefficient (Wildman–Crippen LogP) is 2.25. The maximum atomic E-state index is 14.1. The molecule has 1 aliphatic heterocycles. The Morgan fingerprint density at radius 1 is 0.750 bits per heavy atom. The number of carbonyl (C=O) groups excluding carboxylic acids is 7. The number of aliphatic hydroxyl groups excluding tert-OH is 1. The van der Waals surface area contributed by atoms with Crippen LogP contribution in [0.2, 0.25) is 0 Å². The Labute approximate surface area is 400 Å². The van der Waals surface area contributed by atoms with E-state index in [-0.39, 0.29) is 46.9 Å². The fourth-order valence-electron chi connectivity index (χ4n) is 7.90. The lowest BCUT2D eigenvalue weighted by Crippen LogP contribution is -2.57. The molecule has 0 aromatic heterocycles. The van der Waals surface area contributed by atoms with E-state index in [0.29, 0.717) is 12.0 Å². The number of phenolic OH excluding ortho intramolecular Hbond substituents is 2. The third kappa shape index (κ3) is 17.4. The summed E-state index contributed by atoms with van der Waals surface area (Å²) in [5.41, 5.74) is 0.705. The van der Waals surface area contributed by atoms with Gasteiger partial charge >= 0.3 is 7.12 Å². The molecule has 19 nitrogen and oxygen atoms in total. The quantitative estimate of drug-likeness (QED) is 0.0507. The minimum Gasteiger partial charge on any atom is -0.507 e. The summed E-state index contributed by atoms with van der Waals surface area (Å²) in [6.07, 6.45) is 15.1. The second-order valence-electron chi connectivity index (χ2n) is 17.9. The molecule has 0 unspecified atom stereocenters. The van der Waals surface area contributed by atoms with Gasteiger partial charge in [0.2, 0.25) is 41.4 Å². The van der Waals surface area contributed by atoms with Crippen LogP contribution in [-0.2, 0) is 40.0 Å². The molecule has 68 heavy (non-hydrogen) atoms. The molecule has 7 amide bonds. The molecule has 20 heteroatoms. The number of aromatic hydroxyl groups is 2. The highest BCUT2D eigenvalue weighted by Crippen LogP contribution is 2.38. The van der Waals surface area contributed by atoms with E-state index in [1.807, 2.05) is 0 Å². The summed E-state index contributed by atoms with van der Waals surface area (Å²) >= 11 is 0. The van der Waals surface area contributed by atoms with E-state index in [1.54, 1.807) is 0 Å². The number of likely N-dealkylation sites (N-methyl/N-ethyl adjacent to an activating group) is 2. The molecule has 0 saturated carbocycles. The lowest BCUT2D eigenvalue weighted by molar-refractivity contribution is -0.142. The smallest absolute Gasteiger partial charge is 0.475 e. The number of fused-ring (bicyclic) bond motifs is 5. The predicted molar refractivity (Wildman–Crippen MR) is 256 cm³/mol. The standard InChI is InChI=1S/C48H74BN7O12/c1-7-8-9-10-11-12-13-14-15-16-17-18-19-20-41(60)55(5)38(29-57)47(65)51-30(2)44(62)50-28-42(61)56(6)43-34-22-24-40(59)36(27-34)35-25-33(21-23-39(35)58)26-37(46(64)53-32(4)49(67)68)54-45(63)31(3)52-48(43)66/h21-25,27,30-32,37-38,43,57-59,67-68H,7-20,26,28-29H2,1-6H3,(H,50,62)(H,51,65)(H,52,66)(H,53,64)(H,54,63)/t30-,31+,32+,37+,38-,43+/m1/s1. The SMILES string of the molecule is CCCCCCCCCCCCCCCC(=O)N(C)[C@H](CO)C(=O)N[C@H](C)C(=O)NCC(=O)N(C)[C@@H]1C(=O)N[C@@H](C)C(=O)N[C@H](C(=O)N[C@@H](C)B(O)O)Cc2ccc(O)c(c2)-c2cc1ccc2O. The van der Waals surface area contributed by atoms with E-state index in [1.165, 1.54) is 129 Å². The van der Waals surface area contributed by atoms with Crippen molar-refractivity contribution in [1.82, 2.24) is 36.4 Å². The lowest BCUT2D eigenvalue weighted by Gasteiger charge is -2.30. The van der Waals surface area contributed by atoms with Crippen LogP contribution < -0.4 is 26.6 Å². The molecule has 1 heterocycles. The second-order valence-corrected chi connectivity index (χ2v) is 17.9. The Morgan fingerprint density at radius 3 is 1.88 bits per heavy atom. The normalized spacial score (nSPS) is 17.3. The third-order valence-corrected chi connectivity index (χ3v) is 12.4. The first-order valence-electron chi connectivity index (χ1n) is 23.9. The number of rotatable bonds is 25. The number of amides is 7. The van der Waals surface area contributed by atoms with Gasteiger partial charge in [-0.05, 0) is 62.6 Å². The zero-order valence-corrected chi connectivity index (χ0v) is 40.5. The number of hydrogen-bond donors (Lipinski definition) is 10. The molecular weight excluding hydrogens is 877 g/mol. The van der Waals surface area contributed by atoms with Crippen molar-refractivity contribution < 1.29 is 58.9 Å². The van der Waals surface area contributed by atoms with E-state index in [0.717, 1.165) is 29.1 Å². The van der Waals surface area contributed by atoms with Gasteiger partial charge in [-0.1, -0.05) is 96.1 Å². The summed E-state index contributed by atoms with van der Waals surface area (Å²) in [6.45, 7) is 4.90. The average molecular weight is 952 g/mol. The minimum atomic E-state index is -1.91. The molecule has 0 aliphatic carbocycles. The van der Waals surface area contributed by atoms with E-state index in [2.05, 4.69) is 33.5 Å². The first-order valence-corrected chi connectivity index (χ1v) is 23.9. The molecule has 2 aromatic rings. The Hall–Kier alpha value is -5.73. The lowest BCUT2D eigenvalue weighted by atomic mass is 9.81. The molecule has 0 radical (unpaired) electrons. The van der Waals surface area contributed by atoms with Crippen molar-refractivity contribution in [3.8, 4) is 22.6 Å². The number of unbranched alkanes of at least 4 members (excludes halogenated alkanes) is 12. The highest BCUT2D eigenvalue weighted by atomic mass is 16.4. The van der Waals surface area contributed by atoms with Crippen molar-refractivity contribution in [3.05, 3.63) is 47.5 Å². The van der Waals surface area contributed by atoms with Crippen molar-refractivity contribution in [2.45, 2.75) is 160 Å². The van der Waals surface area contributed by atoms with Gasteiger partial charge < -0.3 is 61.8 Å². The van der Waals surface area contributed by atoms with Gasteiger partial charge in [-0.25, -0.2) is 0 Å². The van der Waals surface area contributed by atoms with Gasteiger partial charge in [0.05, 0.1) is 19.1 Å². The van der Waals surface area contributed by atoms with Crippen LogP contribution in [0.4, 0.5) is 0 Å². The van der Waals surface area contributed by atoms with E-state index >= 15 is 0 Å². The molecule has 0 saturated heterocycles. The van der Waals surface area contributed by atoms with Gasteiger partial charge in [0.15, 0.2) is 0 Å². The molecule has 376 valence electrons. The summed E-state index contributed by atoms with van der Waals surface area (Å²) in [4.78, 5) is 96.1. The van der Waals surface area contributed by atoms with Gasteiger partial charge in [0.1, 0.15) is 41.7 Å². The first-order chi connectivity index (χ1) is 32.3. The van der Waals surface area contributed by atoms with E-state index in [4.69, 9.17) is 0 Å². The summed E-state index contributed by atoms with van der Waals surface area (Å²) < 4.78 is 0. The van der Waals surface area contributed by atoms with Gasteiger partial charge in [-0.3, -0.25) is 33.6 Å². The van der Waals surface area contributed by atoms with Gasteiger partial charge in [0.25, 0.3) is 0 Å². The van der Waals surface area contributed by atoms with E-state index in [9.17, 15) is 58.9 Å². The van der Waals surface area contributed by atoms with Crippen molar-refractivity contribution in [1.29, 1.82) is 0 Å². The number of nitrogens with zero attached hydrogens (tertiary/aromatic N) is 2. The fraction of sp³-hybridized carbons (Fsp3) is 0.604. The van der Waals surface area contributed by atoms with Crippen molar-refractivity contribution in [2.75, 3.05) is 27.2 Å². The van der Waals surface area contributed by atoms with Crippen molar-refractivity contribution in [2.24, 2.45) is 0 Å². The molecule has 0 fully saturated rings. The zero-order valence-electron chi connectivity index (χ0n) is 40.5. The maximum absolute atomic E-state index is 14.1. The molecule has 2 aromatic carbocycles. The van der Waals surface area contributed by atoms with Crippen LogP contribution in [0.3, 0.4) is 0 Å². The van der Waals surface area contributed by atoms with Crippen LogP contribution in [0, 0.1) is 0 Å². The van der Waals surface area contributed by atoms with Crippen LogP contribution in [-0.4, -0.2) is 141 Å². The van der Waals surface area contributed by atoms with Crippen LogP contribution in [0.1, 0.15) is 135 Å². The number of phenols is 2. The van der Waals surface area contributed by atoms with Crippen molar-refractivity contribution >= 4 is 48.5 Å². The molecule has 4 bridgehead atoms. The summed E-state index contributed by atoms with van der Waals surface area (Å²) in [7, 11) is 0.782. The summed E-state index contributed by atoms with van der Waals surface area (Å²) in [6, 6.07) is 1.70. The maximum Gasteiger partial charge on any atom is 0.475 e. The molecule has 3 rings (SSSR count). The highest BCUT2D eigenvalue weighted by Gasteiger charge is 2.35. The van der Waals surface area contributed by atoms with Crippen molar-refractivity contribution in [3.63, 3.8) is 0 Å². The van der Waals surface area contributed by atoms with Crippen LogP contribution >= 0.6 is 0 Å². The first kappa shape index (κ1) is 56.6. The van der Waals surface area contributed by atoms with Gasteiger partial charge in [-0.2, -0.15) is 0 Å². The molecule has 0 spiro atoms. The highest BCUT2D eigenvalue weighted by molar-refractivity contribution is 6.43. The number of aliphatic hydroxyl groups is 1. The van der Waals surface area contributed by atoms with Crippen LogP contribution in [0.5, 0.6) is 11.5 Å². The Bertz CT molecular complexity index is 2020. The number of benzene rings is 2. The molecular formula is C48H74BN7O12. The molecule has 1 aliphatic rings.